The van der Waals surface area contributed by atoms with E-state index in [-0.39, 0.29) is 5.56 Å². The van der Waals surface area contributed by atoms with Crippen molar-refractivity contribution in [3.05, 3.63) is 17.7 Å². The monoisotopic (exact) mass is 282 g/mol. The molecule has 5 nitrogen and oxygen atoms in total. The van der Waals surface area contributed by atoms with E-state index in [1.54, 1.807) is 0 Å². The van der Waals surface area contributed by atoms with Crippen LogP contribution in [0.5, 0.6) is 17.2 Å². The van der Waals surface area contributed by atoms with Gasteiger partial charge in [0.05, 0.1) is 12.2 Å². The Hall–Kier alpha value is -1.91. The Morgan fingerprint density at radius 3 is 2.25 bits per heavy atom. The molecular formula is C15H22O5. The highest BCUT2D eigenvalue weighted by molar-refractivity contribution is 5.91. The molecule has 0 aliphatic carbocycles. The first kappa shape index (κ1) is 16.1. The Labute approximate surface area is 118 Å². The third-order valence-electron chi connectivity index (χ3n) is 3.34. The summed E-state index contributed by atoms with van der Waals surface area (Å²) in [5, 5.41) is 27.9. The maximum atomic E-state index is 11.8. The lowest BCUT2D eigenvalue weighted by Crippen LogP contribution is -2.10. The number of benzene rings is 1. The summed E-state index contributed by atoms with van der Waals surface area (Å²) < 4.78 is 5.11. The zero-order valence-corrected chi connectivity index (χ0v) is 11.9. The Balaban J connectivity index is 2.55. The van der Waals surface area contributed by atoms with Crippen molar-refractivity contribution in [1.82, 2.24) is 0 Å². The van der Waals surface area contributed by atoms with E-state index in [1.165, 1.54) is 0 Å². The van der Waals surface area contributed by atoms with Gasteiger partial charge in [-0.15, -0.1) is 0 Å². The van der Waals surface area contributed by atoms with Crippen LogP contribution in [-0.2, 0) is 4.74 Å². The van der Waals surface area contributed by atoms with E-state index in [0.717, 1.165) is 37.8 Å². The van der Waals surface area contributed by atoms with Gasteiger partial charge >= 0.3 is 5.97 Å². The van der Waals surface area contributed by atoms with Gasteiger partial charge in [-0.1, -0.05) is 33.1 Å². The fourth-order valence-corrected chi connectivity index (χ4v) is 2.08. The fourth-order valence-electron chi connectivity index (χ4n) is 2.08. The largest absolute Gasteiger partial charge is 0.504 e. The van der Waals surface area contributed by atoms with Gasteiger partial charge in [0.2, 0.25) is 0 Å². The lowest BCUT2D eigenvalue weighted by atomic mass is 9.98. The molecule has 3 N–H and O–H groups in total. The predicted octanol–water partition coefficient (Wildman–Crippen LogP) is 3.18. The van der Waals surface area contributed by atoms with Crippen molar-refractivity contribution < 1.29 is 24.9 Å². The van der Waals surface area contributed by atoms with Gasteiger partial charge < -0.3 is 20.1 Å². The van der Waals surface area contributed by atoms with Gasteiger partial charge in [-0.25, -0.2) is 4.79 Å². The van der Waals surface area contributed by atoms with E-state index in [2.05, 4.69) is 13.8 Å². The molecule has 0 aliphatic heterocycles. The van der Waals surface area contributed by atoms with Crippen molar-refractivity contribution in [2.24, 2.45) is 5.92 Å². The van der Waals surface area contributed by atoms with Gasteiger partial charge in [0.1, 0.15) is 0 Å². The van der Waals surface area contributed by atoms with Gasteiger partial charge in [0.25, 0.3) is 0 Å². The second-order valence-corrected chi connectivity index (χ2v) is 4.85. The molecule has 0 radical (unpaired) electrons. The molecule has 0 bridgehead atoms. The number of ether oxygens (including phenoxy) is 1. The van der Waals surface area contributed by atoms with Gasteiger partial charge in [-0.05, 0) is 24.5 Å². The minimum atomic E-state index is -0.643. The second-order valence-electron chi connectivity index (χ2n) is 4.85. The first-order valence-corrected chi connectivity index (χ1v) is 6.91. The van der Waals surface area contributed by atoms with Crippen LogP contribution in [0.2, 0.25) is 0 Å². The average molecular weight is 282 g/mol. The maximum Gasteiger partial charge on any atom is 0.338 e. The summed E-state index contributed by atoms with van der Waals surface area (Å²) in [6.45, 7) is 4.54. The molecule has 0 aromatic heterocycles. The van der Waals surface area contributed by atoms with Crippen LogP contribution >= 0.6 is 0 Å². The van der Waals surface area contributed by atoms with E-state index in [0.29, 0.717) is 12.5 Å². The zero-order chi connectivity index (χ0) is 15.1. The van der Waals surface area contributed by atoms with Crippen molar-refractivity contribution in [2.75, 3.05) is 6.61 Å². The number of esters is 1. The normalized spacial score (nSPS) is 12.1. The Morgan fingerprint density at radius 2 is 1.75 bits per heavy atom. The van der Waals surface area contributed by atoms with Crippen LogP contribution in [0.15, 0.2) is 12.1 Å². The summed E-state index contributed by atoms with van der Waals surface area (Å²) >= 11 is 0. The summed E-state index contributed by atoms with van der Waals surface area (Å²) in [6.07, 6.45) is 4.05. The van der Waals surface area contributed by atoms with Crippen LogP contribution in [0.25, 0.3) is 0 Å². The van der Waals surface area contributed by atoms with Crippen molar-refractivity contribution in [3.63, 3.8) is 0 Å². The minimum Gasteiger partial charge on any atom is -0.504 e. The molecule has 0 spiro atoms. The SMILES string of the molecule is CCCC(CC)CCOC(=O)c1cc(O)c(O)c(O)c1. The molecule has 5 heteroatoms. The number of hydrogen-bond acceptors (Lipinski definition) is 5. The molecule has 1 rings (SSSR count). The zero-order valence-electron chi connectivity index (χ0n) is 11.9. The van der Waals surface area contributed by atoms with Crippen molar-refractivity contribution in [1.29, 1.82) is 0 Å². The molecule has 1 unspecified atom stereocenters. The van der Waals surface area contributed by atoms with Crippen LogP contribution in [0.1, 0.15) is 49.9 Å². The number of carbonyl (C=O) groups excluding carboxylic acids is 1. The number of phenolic OH excluding ortho intramolecular Hbond substituents is 3. The lowest BCUT2D eigenvalue weighted by Gasteiger charge is -2.13. The highest BCUT2D eigenvalue weighted by atomic mass is 16.5. The Morgan fingerprint density at radius 1 is 1.15 bits per heavy atom. The van der Waals surface area contributed by atoms with Crippen molar-refractivity contribution in [3.8, 4) is 17.2 Å². The van der Waals surface area contributed by atoms with Crippen LogP contribution in [0.3, 0.4) is 0 Å². The van der Waals surface area contributed by atoms with Crippen LogP contribution in [0, 0.1) is 5.92 Å². The van der Waals surface area contributed by atoms with Gasteiger partial charge in [-0.3, -0.25) is 0 Å². The Kier molecular flexibility index (Phi) is 6.15. The fraction of sp³-hybridized carbons (Fsp3) is 0.533. The molecule has 20 heavy (non-hydrogen) atoms. The third kappa shape index (κ3) is 4.33. The molecule has 0 amide bonds. The van der Waals surface area contributed by atoms with E-state index in [4.69, 9.17) is 4.74 Å². The van der Waals surface area contributed by atoms with Crippen LogP contribution in [0.4, 0.5) is 0 Å². The highest BCUT2D eigenvalue weighted by Crippen LogP contribution is 2.35. The third-order valence-corrected chi connectivity index (χ3v) is 3.34. The number of rotatable bonds is 7. The summed E-state index contributed by atoms with van der Waals surface area (Å²) in [5.74, 6) is -1.82. The molecule has 0 aliphatic rings. The van der Waals surface area contributed by atoms with Crippen LogP contribution < -0.4 is 0 Å². The smallest absolute Gasteiger partial charge is 0.338 e. The standard InChI is InChI=1S/C15H22O5/c1-3-5-10(4-2)6-7-20-15(19)11-8-12(16)14(18)13(17)9-11/h8-10,16-18H,3-7H2,1-2H3. The van der Waals surface area contributed by atoms with Crippen molar-refractivity contribution >= 4 is 5.97 Å². The molecule has 0 saturated carbocycles. The molecular weight excluding hydrogens is 260 g/mol. The maximum absolute atomic E-state index is 11.8. The van der Waals surface area contributed by atoms with Crippen molar-refractivity contribution in [2.45, 2.75) is 39.5 Å². The first-order chi connectivity index (χ1) is 9.49. The number of hydrogen-bond donors (Lipinski definition) is 3. The summed E-state index contributed by atoms with van der Waals surface area (Å²) in [4.78, 5) is 11.8. The molecule has 112 valence electrons. The molecule has 0 saturated heterocycles. The van der Waals surface area contributed by atoms with E-state index < -0.39 is 23.2 Å². The van der Waals surface area contributed by atoms with E-state index in [1.807, 2.05) is 0 Å². The summed E-state index contributed by atoms with van der Waals surface area (Å²) in [5.41, 5.74) is 0.0151. The average Bonchev–Trinajstić information content (AvgIpc) is 2.43. The minimum absolute atomic E-state index is 0.0151. The first-order valence-electron chi connectivity index (χ1n) is 6.91. The lowest BCUT2D eigenvalue weighted by molar-refractivity contribution is 0.0479. The van der Waals surface area contributed by atoms with E-state index in [9.17, 15) is 20.1 Å². The molecule has 0 fully saturated rings. The van der Waals surface area contributed by atoms with Crippen LogP contribution in [-0.4, -0.2) is 27.9 Å². The summed E-state index contributed by atoms with van der Waals surface area (Å²) in [7, 11) is 0. The second kappa shape index (κ2) is 7.62. The topological polar surface area (TPSA) is 87.0 Å². The molecule has 1 atom stereocenters. The van der Waals surface area contributed by atoms with Gasteiger partial charge in [0, 0.05) is 0 Å². The predicted molar refractivity (Wildman–Crippen MR) is 75.0 cm³/mol. The number of carbonyl (C=O) groups is 1. The summed E-state index contributed by atoms with van der Waals surface area (Å²) in [6, 6.07) is 2.14. The molecule has 0 heterocycles. The highest BCUT2D eigenvalue weighted by Gasteiger charge is 2.15. The molecule has 1 aromatic carbocycles. The quantitative estimate of drug-likeness (QED) is 0.528. The Bertz CT molecular complexity index is 433. The number of phenols is 3. The van der Waals surface area contributed by atoms with Gasteiger partial charge in [0.15, 0.2) is 17.2 Å². The van der Waals surface area contributed by atoms with E-state index >= 15 is 0 Å². The van der Waals surface area contributed by atoms with Gasteiger partial charge in [-0.2, -0.15) is 0 Å². The number of aromatic hydroxyl groups is 3. The molecule has 1 aromatic rings.